The number of para-hydroxylation sites is 3. The Hall–Kier alpha value is -7.90. The minimum Gasteiger partial charge on any atom is -0.456 e. The number of fused-ring (bicyclic) bond motifs is 9. The lowest BCUT2D eigenvalue weighted by molar-refractivity contribution is 0.667. The van der Waals surface area contributed by atoms with Gasteiger partial charge in [-0.2, -0.15) is 0 Å². The van der Waals surface area contributed by atoms with E-state index in [-0.39, 0.29) is 0 Å². The van der Waals surface area contributed by atoms with Crippen molar-refractivity contribution in [2.75, 3.05) is 0 Å². The van der Waals surface area contributed by atoms with Crippen LogP contribution in [-0.4, -0.2) is 24.5 Å². The Bertz CT molecular complexity index is 3490. The monoisotopic (exact) mass is 731 g/mol. The zero-order chi connectivity index (χ0) is 37.5. The van der Waals surface area contributed by atoms with Gasteiger partial charge in [-0.25, -0.2) is 15.0 Å². The summed E-state index contributed by atoms with van der Waals surface area (Å²) in [6.45, 7) is 0. The molecule has 0 aliphatic carbocycles. The van der Waals surface area contributed by atoms with Crippen molar-refractivity contribution in [1.29, 1.82) is 0 Å². The van der Waals surface area contributed by atoms with Crippen molar-refractivity contribution in [1.82, 2.24) is 24.5 Å². The van der Waals surface area contributed by atoms with E-state index < -0.39 is 0 Å². The van der Waals surface area contributed by atoms with Crippen LogP contribution < -0.4 is 0 Å². The van der Waals surface area contributed by atoms with E-state index in [0.29, 0.717) is 17.5 Å². The van der Waals surface area contributed by atoms with Crippen molar-refractivity contribution in [3.63, 3.8) is 0 Å². The van der Waals surface area contributed by atoms with E-state index in [2.05, 4.69) is 131 Å². The molecule has 0 atom stereocenters. The predicted molar refractivity (Wildman–Crippen MR) is 228 cm³/mol. The van der Waals surface area contributed by atoms with Gasteiger partial charge < -0.3 is 13.4 Å². The van der Waals surface area contributed by atoms with E-state index in [0.717, 1.165) is 88.4 Å². The highest BCUT2D eigenvalue weighted by Gasteiger charge is 2.18. The Balaban J connectivity index is 1.02. The highest BCUT2D eigenvalue weighted by atomic mass is 16.3. The third-order valence-corrected chi connectivity index (χ3v) is 11.0. The molecule has 0 spiro atoms. The summed E-state index contributed by atoms with van der Waals surface area (Å²) in [7, 11) is 0. The molecule has 0 unspecified atom stereocenters. The molecule has 57 heavy (non-hydrogen) atoms. The van der Waals surface area contributed by atoms with Gasteiger partial charge in [0.25, 0.3) is 0 Å². The van der Waals surface area contributed by atoms with E-state index in [9.17, 15) is 0 Å². The first kappa shape index (κ1) is 31.5. The predicted octanol–water partition coefficient (Wildman–Crippen LogP) is 12.8. The van der Waals surface area contributed by atoms with Crippen LogP contribution in [0.15, 0.2) is 185 Å². The van der Waals surface area contributed by atoms with Gasteiger partial charge in [0.05, 0.1) is 17.2 Å². The van der Waals surface area contributed by atoms with Gasteiger partial charge in [-0.15, -0.1) is 0 Å². The molecule has 0 saturated heterocycles. The SMILES string of the molecule is c1cc(-c2nc(-c3ccc(-c4cccc5oc6ccccc6c45)cc3)nc(-c3ccc4c(c3)oc3cnccc34)n2)cc(-n2c3ccccc3c3ccccc32)c1. The molecule has 0 bridgehead atoms. The minimum absolute atomic E-state index is 0.552. The Labute approximate surface area is 325 Å². The molecular weight excluding hydrogens is 703 g/mol. The van der Waals surface area contributed by atoms with Gasteiger partial charge in [-0.05, 0) is 65.7 Å². The third kappa shape index (κ3) is 4.99. The van der Waals surface area contributed by atoms with Crippen LogP contribution in [0, 0.1) is 0 Å². The van der Waals surface area contributed by atoms with Crippen LogP contribution in [0.3, 0.4) is 0 Å². The second-order valence-corrected chi connectivity index (χ2v) is 14.3. The molecule has 0 aliphatic rings. The number of benzene rings is 7. The number of furan rings is 2. The minimum atomic E-state index is 0.552. The van der Waals surface area contributed by atoms with E-state index in [4.69, 9.17) is 23.8 Å². The Morgan fingerprint density at radius 2 is 0.982 bits per heavy atom. The maximum Gasteiger partial charge on any atom is 0.164 e. The fourth-order valence-corrected chi connectivity index (χ4v) is 8.33. The van der Waals surface area contributed by atoms with Crippen LogP contribution in [0.1, 0.15) is 0 Å². The summed E-state index contributed by atoms with van der Waals surface area (Å²) in [4.78, 5) is 19.6. The van der Waals surface area contributed by atoms with E-state index in [1.165, 1.54) is 10.8 Å². The Morgan fingerprint density at radius 3 is 1.77 bits per heavy atom. The van der Waals surface area contributed by atoms with Crippen molar-refractivity contribution < 1.29 is 8.83 Å². The smallest absolute Gasteiger partial charge is 0.164 e. The molecule has 12 rings (SSSR count). The van der Waals surface area contributed by atoms with Crippen molar-refractivity contribution in [2.24, 2.45) is 0 Å². The van der Waals surface area contributed by atoms with E-state index in [1.807, 2.05) is 42.5 Å². The molecule has 7 nitrogen and oxygen atoms in total. The molecule has 12 aromatic rings. The van der Waals surface area contributed by atoms with Gasteiger partial charge in [-0.1, -0.05) is 109 Å². The summed E-state index contributed by atoms with van der Waals surface area (Å²) in [5.74, 6) is 1.70. The van der Waals surface area contributed by atoms with Crippen molar-refractivity contribution in [3.05, 3.63) is 176 Å². The van der Waals surface area contributed by atoms with Crippen molar-refractivity contribution >= 4 is 65.7 Å². The summed E-state index contributed by atoms with van der Waals surface area (Å²) in [5, 5.41) is 6.65. The summed E-state index contributed by atoms with van der Waals surface area (Å²) in [6, 6.07) is 56.4. The molecular formula is C50H29N5O2. The Morgan fingerprint density at radius 1 is 0.386 bits per heavy atom. The summed E-state index contributed by atoms with van der Waals surface area (Å²) < 4.78 is 14.7. The number of aromatic nitrogens is 5. The second-order valence-electron chi connectivity index (χ2n) is 14.3. The normalized spacial score (nSPS) is 11.9. The van der Waals surface area contributed by atoms with Gasteiger partial charge in [0.15, 0.2) is 23.1 Å². The molecule has 266 valence electrons. The number of nitrogens with zero attached hydrogens (tertiary/aromatic N) is 5. The number of hydrogen-bond donors (Lipinski definition) is 0. The molecule has 0 N–H and O–H groups in total. The number of rotatable bonds is 5. The summed E-state index contributed by atoms with van der Waals surface area (Å²) >= 11 is 0. The molecule has 0 saturated carbocycles. The average molecular weight is 732 g/mol. The molecule has 7 aromatic carbocycles. The second kappa shape index (κ2) is 12.3. The first-order valence-electron chi connectivity index (χ1n) is 18.9. The van der Waals surface area contributed by atoms with E-state index in [1.54, 1.807) is 12.4 Å². The molecule has 0 amide bonds. The first-order chi connectivity index (χ1) is 28.2. The molecule has 7 heteroatoms. The fourth-order valence-electron chi connectivity index (χ4n) is 8.33. The largest absolute Gasteiger partial charge is 0.456 e. The van der Waals surface area contributed by atoms with Crippen molar-refractivity contribution in [2.45, 2.75) is 0 Å². The molecule has 5 aromatic heterocycles. The van der Waals surface area contributed by atoms with Gasteiger partial charge in [0.2, 0.25) is 0 Å². The first-order valence-corrected chi connectivity index (χ1v) is 18.9. The zero-order valence-corrected chi connectivity index (χ0v) is 30.3. The molecule has 5 heterocycles. The fraction of sp³-hybridized carbons (Fsp3) is 0. The van der Waals surface area contributed by atoms with Crippen LogP contribution in [0.2, 0.25) is 0 Å². The average Bonchev–Trinajstić information content (AvgIpc) is 3.96. The lowest BCUT2D eigenvalue weighted by atomic mass is 9.98. The van der Waals surface area contributed by atoms with Crippen LogP contribution in [0.4, 0.5) is 0 Å². The quantitative estimate of drug-likeness (QED) is 0.175. The van der Waals surface area contributed by atoms with E-state index >= 15 is 0 Å². The Kier molecular flexibility index (Phi) is 6.79. The van der Waals surface area contributed by atoms with Crippen LogP contribution in [0.25, 0.3) is 117 Å². The van der Waals surface area contributed by atoms with Crippen LogP contribution >= 0.6 is 0 Å². The standard InChI is InChI=1S/C50H29N5O2/c1-4-15-41-36(11-1)37-12-2-5-16-42(37)55(41)34-10-7-9-32(27-34)49-52-48(53-50(54-49)33-23-24-38-39-25-26-51-29-46(39)57-45(38)28-33)31-21-19-30(20-22-31)35-14-8-18-44-47(35)40-13-3-6-17-43(40)56-44/h1-29H. The van der Waals surface area contributed by atoms with Gasteiger partial charge in [-0.3, -0.25) is 4.98 Å². The van der Waals surface area contributed by atoms with Crippen LogP contribution in [-0.2, 0) is 0 Å². The third-order valence-electron chi connectivity index (χ3n) is 11.0. The maximum absolute atomic E-state index is 6.24. The maximum atomic E-state index is 6.24. The molecule has 0 fully saturated rings. The topological polar surface area (TPSA) is 82.8 Å². The highest BCUT2D eigenvalue weighted by molar-refractivity contribution is 6.12. The molecule has 0 aliphatic heterocycles. The zero-order valence-electron chi connectivity index (χ0n) is 30.3. The summed E-state index contributed by atoms with van der Waals surface area (Å²) in [6.07, 6.45) is 3.53. The lowest BCUT2D eigenvalue weighted by Crippen LogP contribution is -2.01. The van der Waals surface area contributed by atoms with Gasteiger partial charge in [0.1, 0.15) is 16.7 Å². The number of hydrogen-bond acceptors (Lipinski definition) is 6. The highest BCUT2D eigenvalue weighted by Crippen LogP contribution is 2.38. The van der Waals surface area contributed by atoms with Gasteiger partial charge >= 0.3 is 0 Å². The van der Waals surface area contributed by atoms with Crippen molar-refractivity contribution in [3.8, 4) is 51.0 Å². The number of pyridine rings is 1. The van der Waals surface area contributed by atoms with Crippen LogP contribution in [0.5, 0.6) is 0 Å². The summed E-state index contributed by atoms with van der Waals surface area (Å²) in [5.41, 5.74) is 11.3. The lowest BCUT2D eigenvalue weighted by Gasteiger charge is -2.12. The van der Waals surface area contributed by atoms with Gasteiger partial charge in [0, 0.05) is 60.9 Å². The molecule has 0 radical (unpaired) electrons.